The summed E-state index contributed by atoms with van der Waals surface area (Å²) in [4.78, 5) is 18.1. The van der Waals surface area contributed by atoms with Gasteiger partial charge in [-0.3, -0.25) is 9.78 Å². The number of hydrogen-bond donors (Lipinski definition) is 1. The van der Waals surface area contributed by atoms with Gasteiger partial charge in [0.1, 0.15) is 0 Å². The Morgan fingerprint density at radius 1 is 1.06 bits per heavy atom. The van der Waals surface area contributed by atoms with E-state index in [0.717, 1.165) is 27.9 Å². The van der Waals surface area contributed by atoms with Gasteiger partial charge in [-0.2, -0.15) is 0 Å². The van der Waals surface area contributed by atoms with Crippen molar-refractivity contribution < 1.29 is 10.0 Å². The van der Waals surface area contributed by atoms with Crippen LogP contribution in [0.25, 0.3) is 0 Å². The van der Waals surface area contributed by atoms with Crippen LogP contribution in [0, 0.1) is 13.8 Å². The van der Waals surface area contributed by atoms with Gasteiger partial charge in [0.2, 0.25) is 0 Å². The van der Waals surface area contributed by atoms with Crippen LogP contribution in [0.1, 0.15) is 50.6 Å². The predicted molar refractivity (Wildman–Crippen MR) is 124 cm³/mol. The second-order valence-corrected chi connectivity index (χ2v) is 8.25. The molecule has 0 bridgehead atoms. The van der Waals surface area contributed by atoms with Crippen molar-refractivity contribution in [2.45, 2.75) is 26.2 Å². The maximum Gasteiger partial charge on any atom is 0.253 e. The maximum atomic E-state index is 12.3. The van der Waals surface area contributed by atoms with Crippen LogP contribution in [0.15, 0.2) is 65.9 Å². The molecule has 5 nitrogen and oxygen atoms in total. The lowest BCUT2D eigenvalue weighted by molar-refractivity contribution is 0.0827. The molecule has 160 valence electrons. The van der Waals surface area contributed by atoms with E-state index in [2.05, 4.69) is 10.1 Å². The standard InChI is InChI=1S/C25H26ClN3O2/c1-16-13-21(26)9-10-22(16)23(15-24(28-31)20-11-12-27-17(2)14-20)18-5-7-19(8-6-18)25(30)29(3)4/h5-14,23,31H,15H2,1-4H3/t23-/m0/s1. The lowest BCUT2D eigenvalue weighted by atomic mass is 9.83. The van der Waals surface area contributed by atoms with Crippen molar-refractivity contribution in [2.24, 2.45) is 5.16 Å². The van der Waals surface area contributed by atoms with Crippen LogP contribution in [-0.2, 0) is 0 Å². The van der Waals surface area contributed by atoms with Crippen LogP contribution in [0.3, 0.4) is 0 Å². The summed E-state index contributed by atoms with van der Waals surface area (Å²) < 4.78 is 0. The maximum absolute atomic E-state index is 12.3. The summed E-state index contributed by atoms with van der Waals surface area (Å²) in [7, 11) is 3.47. The Hall–Kier alpha value is -3.18. The third kappa shape index (κ3) is 5.30. The number of oxime groups is 1. The van der Waals surface area contributed by atoms with Crippen molar-refractivity contribution in [3.05, 3.63) is 99.3 Å². The van der Waals surface area contributed by atoms with E-state index in [1.807, 2.05) is 68.4 Å². The lowest BCUT2D eigenvalue weighted by Crippen LogP contribution is -2.21. The second-order valence-electron chi connectivity index (χ2n) is 7.81. The molecule has 0 unspecified atom stereocenters. The molecule has 1 aromatic heterocycles. The average Bonchev–Trinajstić information content (AvgIpc) is 2.75. The van der Waals surface area contributed by atoms with Gasteiger partial charge in [-0.05, 0) is 66.9 Å². The Morgan fingerprint density at radius 2 is 1.77 bits per heavy atom. The zero-order valence-corrected chi connectivity index (χ0v) is 18.9. The number of pyridine rings is 1. The van der Waals surface area contributed by atoms with Gasteiger partial charge in [-0.15, -0.1) is 0 Å². The molecule has 0 radical (unpaired) electrons. The quantitative estimate of drug-likeness (QED) is 0.318. The fourth-order valence-electron chi connectivity index (χ4n) is 3.69. The summed E-state index contributed by atoms with van der Waals surface area (Å²) in [6, 6.07) is 17.1. The van der Waals surface area contributed by atoms with Gasteiger partial charge in [-0.1, -0.05) is 35.0 Å². The largest absolute Gasteiger partial charge is 0.411 e. The normalized spacial score (nSPS) is 12.5. The molecule has 1 atom stereocenters. The fraction of sp³-hybridized carbons (Fsp3) is 0.240. The number of carbonyl (C=O) groups excluding carboxylic acids is 1. The molecule has 0 aliphatic rings. The van der Waals surface area contributed by atoms with Gasteiger partial charge in [-0.25, -0.2) is 0 Å². The van der Waals surface area contributed by atoms with Crippen molar-refractivity contribution in [1.82, 2.24) is 9.88 Å². The fourth-order valence-corrected chi connectivity index (χ4v) is 3.92. The Balaban J connectivity index is 2.04. The number of amides is 1. The highest BCUT2D eigenvalue weighted by atomic mass is 35.5. The average molecular weight is 436 g/mol. The molecule has 3 aromatic rings. The third-order valence-corrected chi connectivity index (χ3v) is 5.56. The molecule has 2 aromatic carbocycles. The van der Waals surface area contributed by atoms with E-state index in [1.165, 1.54) is 0 Å². The van der Waals surface area contributed by atoms with Crippen LogP contribution in [-0.4, -0.2) is 40.8 Å². The molecule has 0 aliphatic carbocycles. The molecular weight excluding hydrogens is 410 g/mol. The van der Waals surface area contributed by atoms with E-state index in [-0.39, 0.29) is 11.8 Å². The molecule has 0 spiro atoms. The van der Waals surface area contributed by atoms with Crippen molar-refractivity contribution in [3.63, 3.8) is 0 Å². The smallest absolute Gasteiger partial charge is 0.253 e. The number of nitrogens with zero attached hydrogens (tertiary/aromatic N) is 3. The minimum atomic E-state index is -0.0832. The molecule has 31 heavy (non-hydrogen) atoms. The molecule has 0 aliphatic heterocycles. The SMILES string of the molecule is Cc1cc(C(C[C@@H](c2ccc(C(=O)N(C)C)cc2)c2ccc(Cl)cc2C)=NO)ccn1. The van der Waals surface area contributed by atoms with Crippen LogP contribution in [0.2, 0.25) is 5.02 Å². The summed E-state index contributed by atoms with van der Waals surface area (Å²) in [6.45, 7) is 3.92. The first-order valence-electron chi connectivity index (χ1n) is 10.0. The highest BCUT2D eigenvalue weighted by Gasteiger charge is 2.21. The second kappa shape index (κ2) is 9.75. The molecule has 1 N–H and O–H groups in total. The van der Waals surface area contributed by atoms with Gasteiger partial charge in [0, 0.05) is 54.5 Å². The number of carbonyl (C=O) groups is 1. The number of hydrogen-bond acceptors (Lipinski definition) is 4. The van der Waals surface area contributed by atoms with E-state index >= 15 is 0 Å². The first-order chi connectivity index (χ1) is 14.8. The zero-order chi connectivity index (χ0) is 22.5. The van der Waals surface area contributed by atoms with Crippen molar-refractivity contribution in [2.75, 3.05) is 14.1 Å². The minimum Gasteiger partial charge on any atom is -0.411 e. The molecular formula is C25H26ClN3O2. The van der Waals surface area contributed by atoms with Gasteiger partial charge >= 0.3 is 0 Å². The minimum absolute atomic E-state index is 0.0457. The van der Waals surface area contributed by atoms with Crippen LogP contribution >= 0.6 is 11.6 Å². The summed E-state index contributed by atoms with van der Waals surface area (Å²) >= 11 is 6.19. The van der Waals surface area contributed by atoms with Crippen molar-refractivity contribution in [3.8, 4) is 0 Å². The highest BCUT2D eigenvalue weighted by molar-refractivity contribution is 6.30. The van der Waals surface area contributed by atoms with Gasteiger partial charge in [0.15, 0.2) is 0 Å². The molecule has 0 saturated heterocycles. The highest BCUT2D eigenvalue weighted by Crippen LogP contribution is 2.33. The molecule has 1 amide bonds. The van der Waals surface area contributed by atoms with E-state index in [0.29, 0.717) is 22.7 Å². The molecule has 0 fully saturated rings. The predicted octanol–water partition coefficient (Wildman–Crippen LogP) is 5.45. The van der Waals surface area contributed by atoms with E-state index in [9.17, 15) is 10.0 Å². The van der Waals surface area contributed by atoms with Gasteiger partial charge < -0.3 is 10.1 Å². The number of halogens is 1. The number of rotatable bonds is 6. The summed E-state index contributed by atoms with van der Waals surface area (Å²) in [5.74, 6) is -0.129. The Labute approximate surface area is 188 Å². The number of aryl methyl sites for hydroxylation is 2. The van der Waals surface area contributed by atoms with E-state index < -0.39 is 0 Å². The molecule has 0 saturated carbocycles. The Morgan fingerprint density at radius 3 is 2.35 bits per heavy atom. The number of aromatic nitrogens is 1. The molecule has 1 heterocycles. The van der Waals surface area contributed by atoms with Gasteiger partial charge in [0.05, 0.1) is 5.71 Å². The third-order valence-electron chi connectivity index (χ3n) is 5.32. The first-order valence-corrected chi connectivity index (χ1v) is 10.4. The Bertz CT molecular complexity index is 1110. The van der Waals surface area contributed by atoms with Gasteiger partial charge in [0.25, 0.3) is 5.91 Å². The van der Waals surface area contributed by atoms with E-state index in [4.69, 9.17) is 11.6 Å². The van der Waals surface area contributed by atoms with Crippen LogP contribution in [0.5, 0.6) is 0 Å². The molecule has 3 rings (SSSR count). The lowest BCUT2D eigenvalue weighted by Gasteiger charge is -2.22. The summed E-state index contributed by atoms with van der Waals surface area (Å²) in [6.07, 6.45) is 2.18. The topological polar surface area (TPSA) is 65.8 Å². The summed E-state index contributed by atoms with van der Waals surface area (Å²) in [5.41, 5.74) is 6.03. The first kappa shape index (κ1) is 22.5. The van der Waals surface area contributed by atoms with Crippen LogP contribution < -0.4 is 0 Å². The molecule has 6 heteroatoms. The van der Waals surface area contributed by atoms with Crippen molar-refractivity contribution >= 4 is 23.2 Å². The zero-order valence-electron chi connectivity index (χ0n) is 18.1. The van der Waals surface area contributed by atoms with Crippen LogP contribution in [0.4, 0.5) is 0 Å². The monoisotopic (exact) mass is 435 g/mol. The Kier molecular flexibility index (Phi) is 7.08. The van der Waals surface area contributed by atoms with E-state index in [1.54, 1.807) is 25.2 Å². The number of benzene rings is 2. The summed E-state index contributed by atoms with van der Waals surface area (Å²) in [5, 5.41) is 14.1. The van der Waals surface area contributed by atoms with Crippen molar-refractivity contribution in [1.29, 1.82) is 0 Å².